The summed E-state index contributed by atoms with van der Waals surface area (Å²) in [4.78, 5) is 24.1. The summed E-state index contributed by atoms with van der Waals surface area (Å²) < 4.78 is 4.83. The molecule has 0 aliphatic rings. The van der Waals surface area contributed by atoms with Crippen molar-refractivity contribution in [3.05, 3.63) is 53.7 Å². The Morgan fingerprint density at radius 3 is 2.25 bits per heavy atom. The first-order valence-corrected chi connectivity index (χ1v) is 10.1. The second kappa shape index (κ2) is 12.1. The van der Waals surface area contributed by atoms with Crippen LogP contribution in [0.2, 0.25) is 0 Å². The van der Waals surface area contributed by atoms with Crippen LogP contribution < -0.4 is 5.32 Å². The van der Waals surface area contributed by atoms with Crippen LogP contribution in [-0.2, 0) is 9.53 Å². The van der Waals surface area contributed by atoms with E-state index in [9.17, 15) is 14.7 Å². The standard InChI is InChI=1S/C18H19NO3S.C4H10O/c1-11(2)14(20)9-10-19-17-15(18(21)22)12(3)16(23-17)13-7-5-4-6-8-13;1-3-5-4-2/h4-11,19H,1-3H3,(H,21,22);3-4H2,1-2H3/b10-9+;. The van der Waals surface area contributed by atoms with Gasteiger partial charge in [0.1, 0.15) is 5.00 Å². The predicted octanol–water partition coefficient (Wildman–Crippen LogP) is 5.62. The minimum Gasteiger partial charge on any atom is -0.478 e. The molecule has 0 bridgehead atoms. The SMILES string of the molecule is CCOCC.Cc1c(-c2ccccc2)sc(N/C=C/C(=O)C(C)C)c1C(=O)O. The van der Waals surface area contributed by atoms with Crippen molar-refractivity contribution >= 4 is 28.1 Å². The predicted molar refractivity (Wildman–Crippen MR) is 116 cm³/mol. The third-order valence-corrected chi connectivity index (χ3v) is 5.11. The molecule has 0 amide bonds. The van der Waals surface area contributed by atoms with Gasteiger partial charge in [-0.25, -0.2) is 4.79 Å². The van der Waals surface area contributed by atoms with Crippen LogP contribution in [0.15, 0.2) is 42.6 Å². The number of thiophene rings is 1. The van der Waals surface area contributed by atoms with E-state index in [-0.39, 0.29) is 17.3 Å². The van der Waals surface area contributed by atoms with E-state index in [1.54, 1.807) is 6.92 Å². The molecular formula is C22H29NO4S. The first kappa shape index (κ1) is 23.6. The highest BCUT2D eigenvalue weighted by atomic mass is 32.1. The number of carbonyl (C=O) groups is 2. The minimum atomic E-state index is -0.980. The lowest BCUT2D eigenvalue weighted by molar-refractivity contribution is -0.117. The number of nitrogens with one attached hydrogen (secondary N) is 1. The number of ether oxygens (including phenoxy) is 1. The Bertz CT molecular complexity index is 792. The van der Waals surface area contributed by atoms with Gasteiger partial charge in [0.2, 0.25) is 0 Å². The highest BCUT2D eigenvalue weighted by Gasteiger charge is 2.20. The highest BCUT2D eigenvalue weighted by molar-refractivity contribution is 7.20. The molecular weight excluding hydrogens is 374 g/mol. The van der Waals surface area contributed by atoms with Crippen LogP contribution in [-0.4, -0.2) is 30.1 Å². The number of aromatic carboxylic acids is 1. The Balaban J connectivity index is 0.000000696. The van der Waals surface area contributed by atoms with Crippen molar-refractivity contribution in [2.24, 2.45) is 5.92 Å². The van der Waals surface area contributed by atoms with Gasteiger partial charge in [0, 0.05) is 30.2 Å². The van der Waals surface area contributed by atoms with E-state index < -0.39 is 5.97 Å². The summed E-state index contributed by atoms with van der Waals surface area (Å²) in [6.45, 7) is 11.1. The van der Waals surface area contributed by atoms with Gasteiger partial charge in [0.25, 0.3) is 0 Å². The molecule has 1 heterocycles. The summed E-state index contributed by atoms with van der Waals surface area (Å²) in [7, 11) is 0. The normalized spacial score (nSPS) is 10.6. The van der Waals surface area contributed by atoms with Gasteiger partial charge in [-0.15, -0.1) is 11.3 Å². The summed E-state index contributed by atoms with van der Waals surface area (Å²) >= 11 is 1.37. The van der Waals surface area contributed by atoms with Crippen LogP contribution in [0.1, 0.15) is 43.6 Å². The average Bonchev–Trinajstić information content (AvgIpc) is 3.00. The number of rotatable bonds is 8. The molecule has 0 radical (unpaired) electrons. The summed E-state index contributed by atoms with van der Waals surface area (Å²) in [5, 5.41) is 13.0. The van der Waals surface area contributed by atoms with Gasteiger partial charge in [0.15, 0.2) is 5.78 Å². The molecule has 0 saturated heterocycles. The monoisotopic (exact) mass is 403 g/mol. The van der Waals surface area contributed by atoms with Crippen LogP contribution in [0.3, 0.4) is 0 Å². The Kier molecular flexibility index (Phi) is 10.2. The second-order valence-corrected chi connectivity index (χ2v) is 7.27. The highest BCUT2D eigenvalue weighted by Crippen LogP contribution is 2.39. The van der Waals surface area contributed by atoms with E-state index >= 15 is 0 Å². The van der Waals surface area contributed by atoms with Crippen LogP contribution in [0.4, 0.5) is 5.00 Å². The number of allylic oxidation sites excluding steroid dienone is 1. The lowest BCUT2D eigenvalue weighted by Crippen LogP contribution is -2.04. The molecule has 1 aromatic heterocycles. The van der Waals surface area contributed by atoms with Gasteiger partial charge in [-0.1, -0.05) is 44.2 Å². The molecule has 152 valence electrons. The lowest BCUT2D eigenvalue weighted by atomic mass is 10.1. The van der Waals surface area contributed by atoms with Crippen LogP contribution in [0.5, 0.6) is 0 Å². The number of hydrogen-bond acceptors (Lipinski definition) is 5. The molecule has 0 atom stereocenters. The van der Waals surface area contributed by atoms with Crippen LogP contribution >= 0.6 is 11.3 Å². The zero-order valence-electron chi connectivity index (χ0n) is 17.1. The molecule has 28 heavy (non-hydrogen) atoms. The van der Waals surface area contributed by atoms with Crippen LogP contribution in [0.25, 0.3) is 10.4 Å². The maximum absolute atomic E-state index is 11.6. The van der Waals surface area contributed by atoms with Crippen molar-refractivity contribution in [2.45, 2.75) is 34.6 Å². The minimum absolute atomic E-state index is 0.00839. The molecule has 1 aromatic carbocycles. The summed E-state index contributed by atoms with van der Waals surface area (Å²) in [6, 6.07) is 9.66. The zero-order chi connectivity index (χ0) is 21.1. The topological polar surface area (TPSA) is 75.6 Å². The van der Waals surface area contributed by atoms with Crippen LogP contribution in [0, 0.1) is 12.8 Å². The van der Waals surface area contributed by atoms with Gasteiger partial charge in [-0.05, 0) is 38.0 Å². The second-order valence-electron chi connectivity index (χ2n) is 6.25. The van der Waals surface area contributed by atoms with Gasteiger partial charge in [-0.2, -0.15) is 0 Å². The smallest absolute Gasteiger partial charge is 0.339 e. The Morgan fingerprint density at radius 1 is 1.18 bits per heavy atom. The van der Waals surface area contributed by atoms with Gasteiger partial charge >= 0.3 is 5.97 Å². The lowest BCUT2D eigenvalue weighted by Gasteiger charge is -2.01. The molecule has 0 aliphatic carbocycles. The number of hydrogen-bond donors (Lipinski definition) is 2. The fraction of sp³-hybridized carbons (Fsp3) is 0.364. The number of carbonyl (C=O) groups excluding carboxylic acids is 1. The third-order valence-electron chi connectivity index (χ3n) is 3.84. The van der Waals surface area contributed by atoms with Gasteiger partial charge < -0.3 is 15.2 Å². The van der Waals surface area contributed by atoms with E-state index in [0.29, 0.717) is 5.00 Å². The molecule has 2 N–H and O–H groups in total. The number of ketones is 1. The summed E-state index contributed by atoms with van der Waals surface area (Å²) in [5.41, 5.74) is 1.95. The van der Waals surface area contributed by atoms with Crippen molar-refractivity contribution in [3.63, 3.8) is 0 Å². The quantitative estimate of drug-likeness (QED) is 0.560. The van der Waals surface area contributed by atoms with E-state index in [1.807, 2.05) is 58.0 Å². The van der Waals surface area contributed by atoms with Crippen molar-refractivity contribution in [2.75, 3.05) is 18.5 Å². The Morgan fingerprint density at radius 2 is 1.79 bits per heavy atom. The van der Waals surface area contributed by atoms with Gasteiger partial charge in [-0.3, -0.25) is 4.79 Å². The Hall–Kier alpha value is -2.44. The van der Waals surface area contributed by atoms with E-state index in [0.717, 1.165) is 29.2 Å². The van der Waals surface area contributed by atoms with Crippen molar-refractivity contribution in [1.82, 2.24) is 0 Å². The molecule has 5 nitrogen and oxygen atoms in total. The molecule has 2 aromatic rings. The van der Waals surface area contributed by atoms with Gasteiger partial charge in [0.05, 0.1) is 5.56 Å². The van der Waals surface area contributed by atoms with Crippen molar-refractivity contribution in [1.29, 1.82) is 0 Å². The summed E-state index contributed by atoms with van der Waals surface area (Å²) in [6.07, 6.45) is 2.95. The largest absolute Gasteiger partial charge is 0.478 e. The zero-order valence-corrected chi connectivity index (χ0v) is 17.9. The molecule has 0 saturated carbocycles. The molecule has 2 rings (SSSR count). The molecule has 0 spiro atoms. The van der Waals surface area contributed by atoms with E-state index in [2.05, 4.69) is 5.32 Å². The maximum Gasteiger partial charge on any atom is 0.339 e. The molecule has 0 fully saturated rings. The summed E-state index contributed by atoms with van der Waals surface area (Å²) in [5.74, 6) is -1.07. The Labute approximate surface area is 171 Å². The first-order valence-electron chi connectivity index (χ1n) is 9.30. The molecule has 0 unspecified atom stereocenters. The average molecular weight is 404 g/mol. The van der Waals surface area contributed by atoms with E-state index in [1.165, 1.54) is 23.6 Å². The number of carboxylic acids is 1. The fourth-order valence-electron chi connectivity index (χ4n) is 2.33. The number of carboxylic acid groups (broad SMARTS) is 1. The van der Waals surface area contributed by atoms with Crippen molar-refractivity contribution < 1.29 is 19.4 Å². The molecule has 0 aliphatic heterocycles. The first-order chi connectivity index (χ1) is 13.3. The molecule has 6 heteroatoms. The number of benzene rings is 1. The fourth-order valence-corrected chi connectivity index (χ4v) is 3.52. The van der Waals surface area contributed by atoms with Crippen molar-refractivity contribution in [3.8, 4) is 10.4 Å². The number of anilines is 1. The van der Waals surface area contributed by atoms with E-state index in [4.69, 9.17) is 4.74 Å². The third kappa shape index (κ3) is 6.94. The maximum atomic E-state index is 11.6.